The molecule has 9 nitrogen and oxygen atoms in total. The minimum Gasteiger partial charge on any atom is -0.598 e. The number of rotatable bonds is 11. The zero-order chi connectivity index (χ0) is 36.9. The van der Waals surface area contributed by atoms with Crippen LogP contribution < -0.4 is 4.72 Å². The molecule has 1 aromatic carbocycles. The highest BCUT2D eigenvalue weighted by Crippen LogP contribution is 2.45. The number of pyridine rings is 1. The number of hydrogen-bond donors (Lipinski definition) is 1. The predicted octanol–water partition coefficient (Wildman–Crippen LogP) is 9.29. The molecule has 0 spiro atoms. The number of fused-ring (bicyclic) bond motifs is 1. The topological polar surface area (TPSA) is 110 Å². The Morgan fingerprint density at radius 2 is 1.58 bits per heavy atom. The molecule has 3 aromatic heterocycles. The third kappa shape index (κ3) is 8.59. The Kier molecular flexibility index (Phi) is 11.0. The second-order valence-electron chi connectivity index (χ2n) is 17.9. The molecule has 0 saturated heterocycles. The smallest absolute Gasteiger partial charge is 0.192 e. The monoisotopic (exact) mass is 734 g/mol. The van der Waals surface area contributed by atoms with E-state index in [0.29, 0.717) is 6.61 Å². The largest absolute Gasteiger partial charge is 0.598 e. The van der Waals surface area contributed by atoms with Crippen molar-refractivity contribution in [3.05, 3.63) is 66.4 Å². The van der Waals surface area contributed by atoms with Crippen LogP contribution in [-0.2, 0) is 26.8 Å². The van der Waals surface area contributed by atoms with Crippen molar-refractivity contribution in [2.24, 2.45) is 5.92 Å². The maximum Gasteiger partial charge on any atom is 0.192 e. The molecule has 2 atom stereocenters. The molecule has 0 radical (unpaired) electrons. The van der Waals surface area contributed by atoms with Crippen molar-refractivity contribution >= 4 is 38.9 Å². The van der Waals surface area contributed by atoms with E-state index in [-0.39, 0.29) is 28.1 Å². The Morgan fingerprint density at radius 1 is 0.900 bits per heavy atom. The van der Waals surface area contributed by atoms with Gasteiger partial charge in [-0.1, -0.05) is 59.7 Å². The summed E-state index contributed by atoms with van der Waals surface area (Å²) in [5.74, 6) is 0.977. The Morgan fingerprint density at radius 3 is 2.22 bits per heavy atom. The number of hydrogen-bond acceptors (Lipinski definition) is 8. The number of nitrogens with zero attached hydrogens (tertiary/aromatic N) is 5. The first kappa shape index (κ1) is 38.8. The average Bonchev–Trinajstić information content (AvgIpc) is 3.43. The van der Waals surface area contributed by atoms with E-state index >= 15 is 0 Å². The summed E-state index contributed by atoms with van der Waals surface area (Å²) in [6, 6.07) is 12.0. The predicted molar refractivity (Wildman–Crippen MR) is 210 cm³/mol. The van der Waals surface area contributed by atoms with Gasteiger partial charge in [0, 0.05) is 28.4 Å². The van der Waals surface area contributed by atoms with E-state index in [0.717, 1.165) is 52.2 Å². The Hall–Kier alpha value is -2.46. The summed E-state index contributed by atoms with van der Waals surface area (Å²) < 4.78 is 31.5. The molecule has 12 heteroatoms. The molecule has 3 heterocycles. The van der Waals surface area contributed by atoms with Crippen molar-refractivity contribution in [3.63, 3.8) is 0 Å². The number of benzene rings is 1. The van der Waals surface area contributed by atoms with Crippen LogP contribution >= 0.6 is 0 Å². The van der Waals surface area contributed by atoms with Gasteiger partial charge in [0.1, 0.15) is 4.75 Å². The van der Waals surface area contributed by atoms with Crippen LogP contribution in [-0.4, -0.2) is 56.8 Å². The van der Waals surface area contributed by atoms with Gasteiger partial charge in [-0.3, -0.25) is 4.98 Å². The second-order valence-corrected chi connectivity index (χ2v) is 29.5. The third-order valence-corrected chi connectivity index (χ3v) is 21.5. The van der Waals surface area contributed by atoms with Gasteiger partial charge in [0.2, 0.25) is 0 Å². The lowest BCUT2D eigenvalue weighted by atomic mass is 9.76. The van der Waals surface area contributed by atoms with Gasteiger partial charge in [-0.05, 0) is 94.0 Å². The molecular weight excluding hydrogens is 677 g/mol. The molecule has 272 valence electrons. The van der Waals surface area contributed by atoms with Crippen molar-refractivity contribution in [3.8, 4) is 17.1 Å². The molecule has 4 aromatic rings. The van der Waals surface area contributed by atoms with Crippen molar-refractivity contribution in [1.82, 2.24) is 29.5 Å². The molecule has 5 rings (SSSR count). The highest BCUT2D eigenvalue weighted by atomic mass is 32.2. The minimum atomic E-state index is -1.92. The summed E-state index contributed by atoms with van der Waals surface area (Å²) in [7, 11) is -3.81. The van der Waals surface area contributed by atoms with E-state index in [1.54, 1.807) is 6.20 Å². The highest BCUT2D eigenvalue weighted by Gasteiger charge is 2.46. The first-order valence-electron chi connectivity index (χ1n) is 17.8. The average molecular weight is 735 g/mol. The lowest BCUT2D eigenvalue weighted by molar-refractivity contribution is 0.0365. The van der Waals surface area contributed by atoms with Gasteiger partial charge >= 0.3 is 0 Å². The van der Waals surface area contributed by atoms with Gasteiger partial charge in [0.25, 0.3) is 0 Å². The van der Waals surface area contributed by atoms with Crippen molar-refractivity contribution in [2.45, 2.75) is 135 Å². The normalized spacial score (nSPS) is 19.0. The number of aromatic nitrogens is 5. The van der Waals surface area contributed by atoms with Crippen LogP contribution in [0.1, 0.15) is 92.6 Å². The summed E-state index contributed by atoms with van der Waals surface area (Å²) in [5.41, 5.74) is 4.28. The van der Waals surface area contributed by atoms with Crippen molar-refractivity contribution in [2.75, 3.05) is 0 Å². The Balaban J connectivity index is 1.41. The summed E-state index contributed by atoms with van der Waals surface area (Å²) in [6.07, 6.45) is 7.48. The molecule has 1 saturated carbocycles. The Bertz CT molecular complexity index is 1790. The van der Waals surface area contributed by atoms with E-state index < -0.39 is 32.7 Å². The van der Waals surface area contributed by atoms with Crippen molar-refractivity contribution < 1.29 is 13.4 Å². The first-order valence-corrected chi connectivity index (χ1v) is 24.8. The summed E-state index contributed by atoms with van der Waals surface area (Å²) in [5, 5.41) is 5.99. The molecule has 1 aliphatic rings. The first-order chi connectivity index (χ1) is 23.1. The summed E-state index contributed by atoms with van der Waals surface area (Å²) in [4.78, 5) is 14.7. The molecule has 0 amide bonds. The third-order valence-electron chi connectivity index (χ3n) is 10.9. The SMILES string of the molecule is CC(C)(C)[S+]([O-])NC(c1cncc(-c2ccc3cnn(-c4cccc(CO[Si](C)(C)C(C)(C)C)n4)c3c2)n1)C1CC(O[Si](C)(C)C(C)(C)C)C1. The molecular formula is C38H58N6O3SSi2. The van der Waals surface area contributed by atoms with E-state index in [1.165, 1.54) is 0 Å². The standard InChI is InChI=1S/C38H58N6O3SSi2/c1-36(2,3)48(45)43-35(28-19-30(20-28)47-50(12,13)38(7,8)9)32-24-39-23-31(42-32)26-17-18-27-22-40-44(33(27)21-26)34-16-14-15-29(41-34)25-46-49(10,11)37(4,5)6/h14-18,21-24,28,30,35,43H,19-20,25H2,1-13H3. The number of nitrogens with one attached hydrogen (secondary N) is 1. The maximum atomic E-state index is 13.4. The fraction of sp³-hybridized carbons (Fsp3) is 0.579. The minimum absolute atomic E-state index is 0.124. The van der Waals surface area contributed by atoms with Gasteiger partial charge in [0.05, 0.1) is 53.8 Å². The van der Waals surface area contributed by atoms with Crippen LogP contribution in [0.4, 0.5) is 0 Å². The van der Waals surface area contributed by atoms with E-state index in [9.17, 15) is 4.55 Å². The van der Waals surface area contributed by atoms with Gasteiger partial charge in [-0.15, -0.1) is 4.72 Å². The molecule has 0 bridgehead atoms. The van der Waals surface area contributed by atoms with E-state index in [4.69, 9.17) is 23.9 Å². The Labute approximate surface area is 305 Å². The highest BCUT2D eigenvalue weighted by molar-refractivity contribution is 7.90. The van der Waals surface area contributed by atoms with Crippen LogP contribution in [0.15, 0.2) is 55.0 Å². The molecule has 1 fully saturated rings. The maximum absolute atomic E-state index is 13.4. The summed E-state index contributed by atoms with van der Waals surface area (Å²) in [6.45, 7) is 29.1. The fourth-order valence-electron chi connectivity index (χ4n) is 5.42. The fourth-order valence-corrected chi connectivity index (χ4v) is 8.64. The van der Waals surface area contributed by atoms with Gasteiger partial charge < -0.3 is 13.4 Å². The van der Waals surface area contributed by atoms with E-state index in [1.807, 2.05) is 56.0 Å². The lowest BCUT2D eigenvalue weighted by Crippen LogP contribution is -2.51. The zero-order valence-electron chi connectivity index (χ0n) is 32.4. The van der Waals surface area contributed by atoms with Crippen LogP contribution in [0.2, 0.25) is 36.3 Å². The molecule has 1 aliphatic carbocycles. The lowest BCUT2D eigenvalue weighted by Gasteiger charge is -2.46. The van der Waals surface area contributed by atoms with Crippen LogP contribution in [0.5, 0.6) is 0 Å². The van der Waals surface area contributed by atoms with Crippen LogP contribution in [0.25, 0.3) is 28.0 Å². The molecule has 2 unspecified atom stereocenters. The van der Waals surface area contributed by atoms with Gasteiger partial charge in [-0.2, -0.15) is 5.10 Å². The zero-order valence-corrected chi connectivity index (χ0v) is 35.2. The van der Waals surface area contributed by atoms with Crippen molar-refractivity contribution in [1.29, 1.82) is 0 Å². The van der Waals surface area contributed by atoms with Gasteiger partial charge in [0.15, 0.2) is 22.5 Å². The molecule has 0 aliphatic heterocycles. The molecule has 50 heavy (non-hydrogen) atoms. The van der Waals surface area contributed by atoms with Gasteiger partial charge in [-0.25, -0.2) is 14.6 Å². The van der Waals surface area contributed by atoms with Crippen LogP contribution in [0.3, 0.4) is 0 Å². The quantitative estimate of drug-likeness (QED) is 0.120. The van der Waals surface area contributed by atoms with Crippen LogP contribution in [0, 0.1) is 5.92 Å². The van der Waals surface area contributed by atoms with E-state index in [2.05, 4.69) is 95.6 Å². The second kappa shape index (κ2) is 14.2. The summed E-state index contributed by atoms with van der Waals surface area (Å²) >= 11 is -1.28. The molecule has 1 N–H and O–H groups in total.